The number of benzene rings is 2. The van der Waals surface area contributed by atoms with Crippen LogP contribution in [0.3, 0.4) is 0 Å². The third-order valence-electron chi connectivity index (χ3n) is 6.03. The van der Waals surface area contributed by atoms with Gasteiger partial charge in [0.15, 0.2) is 11.5 Å². The van der Waals surface area contributed by atoms with Crippen molar-refractivity contribution in [3.05, 3.63) is 53.6 Å². The lowest BCUT2D eigenvalue weighted by atomic mass is 10.1. The molecule has 0 aliphatic carbocycles. The van der Waals surface area contributed by atoms with Crippen molar-refractivity contribution in [3.63, 3.8) is 0 Å². The largest absolute Gasteiger partial charge is 0.490 e. The standard InChI is InChI=1S/C20H30N2O5.C9H12/c1-25-20(24)7-5-13-27-19-15-17(21-16-23)8-9-18(19)26-14-6-12-22-10-3-2-4-11-22;1-3-9-6-4-8(2)5-7-9/h8-9,15-16H,2-7,10-14H2,1H3,(H,21,23);4-7H,3H2,1-2H3. The molecule has 3 rings (SSSR count). The van der Waals surface area contributed by atoms with E-state index in [0.29, 0.717) is 49.7 Å². The average Bonchev–Trinajstić information content (AvgIpc) is 2.91. The first-order chi connectivity index (χ1) is 17.5. The number of amides is 1. The highest BCUT2D eigenvalue weighted by Gasteiger charge is 2.11. The minimum atomic E-state index is -0.260. The molecule has 1 aliphatic heterocycles. The van der Waals surface area contributed by atoms with E-state index in [1.54, 1.807) is 18.2 Å². The van der Waals surface area contributed by atoms with E-state index in [9.17, 15) is 9.59 Å². The van der Waals surface area contributed by atoms with E-state index in [0.717, 1.165) is 19.4 Å². The summed E-state index contributed by atoms with van der Waals surface area (Å²) in [6.07, 6.45) is 7.48. The molecule has 0 radical (unpaired) electrons. The summed E-state index contributed by atoms with van der Waals surface area (Å²) in [5, 5.41) is 2.61. The van der Waals surface area contributed by atoms with Crippen LogP contribution in [0, 0.1) is 6.92 Å². The number of piperidine rings is 1. The number of carbonyl (C=O) groups excluding carboxylic acids is 2. The Morgan fingerprint density at radius 2 is 1.67 bits per heavy atom. The molecule has 1 heterocycles. The maximum Gasteiger partial charge on any atom is 0.305 e. The Morgan fingerprint density at radius 3 is 2.33 bits per heavy atom. The quantitative estimate of drug-likeness (QED) is 0.226. The maximum atomic E-state index is 11.2. The van der Waals surface area contributed by atoms with E-state index < -0.39 is 0 Å². The van der Waals surface area contributed by atoms with Crippen molar-refractivity contribution in [2.45, 2.75) is 58.8 Å². The molecule has 2 aromatic rings. The Morgan fingerprint density at radius 1 is 0.972 bits per heavy atom. The van der Waals surface area contributed by atoms with Crippen LogP contribution in [0.2, 0.25) is 0 Å². The van der Waals surface area contributed by atoms with Crippen LogP contribution in [0.1, 0.15) is 56.6 Å². The number of rotatable bonds is 13. The predicted octanol–water partition coefficient (Wildman–Crippen LogP) is 5.40. The summed E-state index contributed by atoms with van der Waals surface area (Å²) in [7, 11) is 1.37. The highest BCUT2D eigenvalue weighted by Crippen LogP contribution is 2.31. The zero-order valence-electron chi connectivity index (χ0n) is 22.1. The summed E-state index contributed by atoms with van der Waals surface area (Å²) in [6, 6.07) is 14.0. The first-order valence-corrected chi connectivity index (χ1v) is 13.0. The second-order valence-electron chi connectivity index (χ2n) is 8.90. The molecule has 0 atom stereocenters. The van der Waals surface area contributed by atoms with Crippen molar-refractivity contribution in [3.8, 4) is 11.5 Å². The zero-order chi connectivity index (χ0) is 26.0. The molecular weight excluding hydrogens is 456 g/mol. The summed E-state index contributed by atoms with van der Waals surface area (Å²) < 4.78 is 16.3. The molecule has 7 heteroatoms. The number of hydrogen-bond donors (Lipinski definition) is 1. The molecule has 0 unspecified atom stereocenters. The van der Waals surface area contributed by atoms with Gasteiger partial charge in [-0.25, -0.2) is 0 Å². The summed E-state index contributed by atoms with van der Waals surface area (Å²) in [4.78, 5) is 24.3. The first-order valence-electron chi connectivity index (χ1n) is 13.0. The van der Waals surface area contributed by atoms with Gasteiger partial charge >= 0.3 is 5.97 Å². The molecule has 1 N–H and O–H groups in total. The Labute approximate surface area is 216 Å². The van der Waals surface area contributed by atoms with Gasteiger partial charge in [-0.2, -0.15) is 0 Å². The SMILES string of the molecule is CCc1ccc(C)cc1.COC(=O)CCCOc1cc(NC=O)ccc1OCCCN1CCCCC1. The molecule has 0 saturated carbocycles. The number of aryl methyl sites for hydroxylation is 2. The molecule has 0 spiro atoms. The van der Waals surface area contributed by atoms with Crippen molar-refractivity contribution in [1.82, 2.24) is 4.90 Å². The summed E-state index contributed by atoms with van der Waals surface area (Å²) in [5.41, 5.74) is 3.39. The molecule has 2 aromatic carbocycles. The maximum absolute atomic E-state index is 11.2. The average molecular weight is 499 g/mol. The summed E-state index contributed by atoms with van der Waals surface area (Å²) >= 11 is 0. The van der Waals surface area contributed by atoms with Gasteiger partial charge in [-0.05, 0) is 69.8 Å². The lowest BCUT2D eigenvalue weighted by Gasteiger charge is -2.26. The Hall–Kier alpha value is -3.06. The molecule has 1 aliphatic rings. The molecule has 36 heavy (non-hydrogen) atoms. The number of hydrogen-bond acceptors (Lipinski definition) is 6. The van der Waals surface area contributed by atoms with Crippen molar-refractivity contribution in [2.24, 2.45) is 0 Å². The van der Waals surface area contributed by atoms with Gasteiger partial charge in [-0.1, -0.05) is 43.2 Å². The number of carbonyl (C=O) groups is 2. The molecule has 198 valence electrons. The Balaban J connectivity index is 0.000000425. The molecule has 1 fully saturated rings. The van der Waals surface area contributed by atoms with Crippen LogP contribution in [0.15, 0.2) is 42.5 Å². The first kappa shape index (κ1) is 29.2. The highest BCUT2D eigenvalue weighted by atomic mass is 16.5. The van der Waals surface area contributed by atoms with Crippen molar-refractivity contribution >= 4 is 18.1 Å². The van der Waals surface area contributed by atoms with E-state index >= 15 is 0 Å². The Bertz CT molecular complexity index is 895. The number of esters is 1. The van der Waals surface area contributed by atoms with E-state index in [4.69, 9.17) is 9.47 Å². The zero-order valence-corrected chi connectivity index (χ0v) is 22.1. The topological polar surface area (TPSA) is 77.1 Å². The lowest BCUT2D eigenvalue weighted by Crippen LogP contribution is -2.31. The molecule has 0 bridgehead atoms. The van der Waals surface area contributed by atoms with Crippen molar-refractivity contribution < 1.29 is 23.8 Å². The third-order valence-corrected chi connectivity index (χ3v) is 6.03. The van der Waals surface area contributed by atoms with Crippen LogP contribution >= 0.6 is 0 Å². The van der Waals surface area contributed by atoms with Crippen LogP contribution in [-0.4, -0.2) is 57.2 Å². The Kier molecular flexibility index (Phi) is 14.1. The van der Waals surface area contributed by atoms with Crippen LogP contribution in [0.5, 0.6) is 11.5 Å². The number of methoxy groups -OCH3 is 1. The van der Waals surface area contributed by atoms with E-state index in [1.165, 1.54) is 50.6 Å². The molecule has 7 nitrogen and oxygen atoms in total. The minimum absolute atomic E-state index is 0.260. The molecular formula is C29H42N2O5. The third kappa shape index (κ3) is 11.6. The number of likely N-dealkylation sites (tertiary alicyclic amines) is 1. The second-order valence-corrected chi connectivity index (χ2v) is 8.90. The monoisotopic (exact) mass is 498 g/mol. The second kappa shape index (κ2) is 17.4. The van der Waals surface area contributed by atoms with E-state index in [1.807, 2.05) is 0 Å². The normalized spacial score (nSPS) is 13.2. The molecule has 1 amide bonds. The minimum Gasteiger partial charge on any atom is -0.490 e. The smallest absolute Gasteiger partial charge is 0.305 e. The number of ether oxygens (including phenoxy) is 3. The molecule has 0 aromatic heterocycles. The van der Waals surface area contributed by atoms with Gasteiger partial charge in [0.25, 0.3) is 0 Å². The van der Waals surface area contributed by atoms with Crippen molar-refractivity contribution in [2.75, 3.05) is 45.3 Å². The number of nitrogens with zero attached hydrogens (tertiary/aromatic N) is 1. The number of anilines is 1. The number of nitrogens with one attached hydrogen (secondary N) is 1. The fraction of sp³-hybridized carbons (Fsp3) is 0.517. The van der Waals surface area contributed by atoms with Crippen LogP contribution in [0.25, 0.3) is 0 Å². The molecule has 1 saturated heterocycles. The van der Waals surface area contributed by atoms with Crippen molar-refractivity contribution in [1.29, 1.82) is 0 Å². The van der Waals surface area contributed by atoms with Gasteiger partial charge in [0.2, 0.25) is 6.41 Å². The van der Waals surface area contributed by atoms with Crippen LogP contribution in [0.4, 0.5) is 5.69 Å². The van der Waals surface area contributed by atoms with Gasteiger partial charge in [-0.3, -0.25) is 9.59 Å². The van der Waals surface area contributed by atoms with Crippen LogP contribution in [-0.2, 0) is 20.7 Å². The van der Waals surface area contributed by atoms with E-state index in [-0.39, 0.29) is 5.97 Å². The lowest BCUT2D eigenvalue weighted by molar-refractivity contribution is -0.140. The van der Waals surface area contributed by atoms with E-state index in [2.05, 4.69) is 53.1 Å². The fourth-order valence-electron chi connectivity index (χ4n) is 3.88. The fourth-order valence-corrected chi connectivity index (χ4v) is 3.88. The summed E-state index contributed by atoms with van der Waals surface area (Å²) in [5.74, 6) is 0.942. The highest BCUT2D eigenvalue weighted by molar-refractivity contribution is 5.72. The van der Waals surface area contributed by atoms with Gasteiger partial charge in [0.05, 0.1) is 20.3 Å². The van der Waals surface area contributed by atoms with Crippen LogP contribution < -0.4 is 14.8 Å². The summed E-state index contributed by atoms with van der Waals surface area (Å²) in [6.45, 7) is 8.66. The predicted molar refractivity (Wildman–Crippen MR) is 144 cm³/mol. The van der Waals surface area contributed by atoms with Gasteiger partial charge in [0.1, 0.15) is 0 Å². The van der Waals surface area contributed by atoms with Gasteiger partial charge in [0, 0.05) is 24.7 Å². The van der Waals surface area contributed by atoms with Gasteiger partial charge in [-0.15, -0.1) is 0 Å². The van der Waals surface area contributed by atoms with Gasteiger partial charge < -0.3 is 24.4 Å².